The zero-order valence-electron chi connectivity index (χ0n) is 14.0. The van der Waals surface area contributed by atoms with Crippen molar-refractivity contribution in [1.82, 2.24) is 5.32 Å². The third-order valence-electron chi connectivity index (χ3n) is 4.05. The van der Waals surface area contributed by atoms with Crippen LogP contribution in [0, 0.1) is 0 Å². The van der Waals surface area contributed by atoms with Gasteiger partial charge in [0, 0.05) is 22.3 Å². The van der Waals surface area contributed by atoms with Gasteiger partial charge >= 0.3 is 0 Å². The van der Waals surface area contributed by atoms with Gasteiger partial charge in [-0.1, -0.05) is 41.4 Å². The first-order chi connectivity index (χ1) is 12.5. The number of hydrogen-bond donors (Lipinski definition) is 1. The Kier molecular flexibility index (Phi) is 6.14. The summed E-state index contributed by atoms with van der Waals surface area (Å²) >= 11 is 11.8. The van der Waals surface area contributed by atoms with Crippen LogP contribution in [0.15, 0.2) is 48.5 Å². The van der Waals surface area contributed by atoms with E-state index in [1.807, 2.05) is 18.2 Å². The van der Waals surface area contributed by atoms with Crippen LogP contribution >= 0.6 is 23.2 Å². The van der Waals surface area contributed by atoms with E-state index in [0.29, 0.717) is 23.1 Å². The molecule has 3 rings (SSSR count). The average Bonchev–Trinajstić information content (AvgIpc) is 2.63. The van der Waals surface area contributed by atoms with Crippen molar-refractivity contribution in [3.8, 4) is 0 Å². The van der Waals surface area contributed by atoms with E-state index in [1.165, 1.54) is 0 Å². The number of morpholine rings is 1. The first-order valence-corrected chi connectivity index (χ1v) is 8.95. The maximum Gasteiger partial charge on any atom is 0.253 e. The third kappa shape index (κ3) is 4.97. The molecule has 1 heterocycles. The SMILES string of the molecule is O=C(Cc1ccc(Cl)cc1)NCC1CN(c2cccc(Cl)c2)C(=O)CO1. The predicted octanol–water partition coefficient (Wildman–Crippen LogP) is 3.08. The van der Waals surface area contributed by atoms with Gasteiger partial charge in [0.05, 0.1) is 19.1 Å². The van der Waals surface area contributed by atoms with Crippen molar-refractivity contribution >= 4 is 40.7 Å². The first kappa shape index (κ1) is 18.7. The van der Waals surface area contributed by atoms with Crippen LogP contribution in [0.2, 0.25) is 10.0 Å². The van der Waals surface area contributed by atoms with Gasteiger partial charge in [-0.2, -0.15) is 0 Å². The number of halogens is 2. The summed E-state index contributed by atoms with van der Waals surface area (Å²) in [5.41, 5.74) is 1.61. The molecule has 0 aliphatic carbocycles. The smallest absolute Gasteiger partial charge is 0.253 e. The van der Waals surface area contributed by atoms with Crippen molar-refractivity contribution in [2.24, 2.45) is 0 Å². The van der Waals surface area contributed by atoms with Crippen LogP contribution in [-0.4, -0.2) is 37.6 Å². The van der Waals surface area contributed by atoms with E-state index in [0.717, 1.165) is 11.3 Å². The van der Waals surface area contributed by atoms with Gasteiger partial charge in [0.15, 0.2) is 0 Å². The minimum atomic E-state index is -0.277. The summed E-state index contributed by atoms with van der Waals surface area (Å²) in [6, 6.07) is 14.3. The molecule has 2 aromatic carbocycles. The van der Waals surface area contributed by atoms with E-state index in [-0.39, 0.29) is 30.9 Å². The quantitative estimate of drug-likeness (QED) is 0.850. The molecule has 7 heteroatoms. The lowest BCUT2D eigenvalue weighted by Crippen LogP contribution is -2.50. The second-order valence-corrected chi connectivity index (χ2v) is 6.90. The Hall–Kier alpha value is -2.08. The van der Waals surface area contributed by atoms with E-state index >= 15 is 0 Å². The van der Waals surface area contributed by atoms with Crippen LogP contribution in [0.1, 0.15) is 5.56 Å². The molecule has 1 fully saturated rings. The van der Waals surface area contributed by atoms with Crippen molar-refractivity contribution in [3.63, 3.8) is 0 Å². The number of nitrogens with zero attached hydrogens (tertiary/aromatic N) is 1. The molecule has 2 aromatic rings. The van der Waals surface area contributed by atoms with Gasteiger partial charge in [0.2, 0.25) is 5.91 Å². The number of ether oxygens (including phenoxy) is 1. The molecular formula is C19H18Cl2N2O3. The van der Waals surface area contributed by atoms with Crippen LogP contribution in [0.25, 0.3) is 0 Å². The molecule has 1 saturated heterocycles. The van der Waals surface area contributed by atoms with E-state index < -0.39 is 0 Å². The number of benzene rings is 2. The van der Waals surface area contributed by atoms with Gasteiger partial charge in [-0.3, -0.25) is 9.59 Å². The molecular weight excluding hydrogens is 375 g/mol. The molecule has 0 spiro atoms. The van der Waals surface area contributed by atoms with E-state index in [1.54, 1.807) is 35.2 Å². The fourth-order valence-electron chi connectivity index (χ4n) is 2.72. The molecule has 1 aliphatic rings. The van der Waals surface area contributed by atoms with Crippen LogP contribution < -0.4 is 10.2 Å². The fraction of sp³-hybridized carbons (Fsp3) is 0.263. The molecule has 136 valence electrons. The number of carbonyl (C=O) groups excluding carboxylic acids is 2. The minimum absolute atomic E-state index is 0.0236. The largest absolute Gasteiger partial charge is 0.365 e. The Bertz CT molecular complexity index is 796. The lowest BCUT2D eigenvalue weighted by Gasteiger charge is -2.33. The van der Waals surface area contributed by atoms with Crippen LogP contribution in [0.4, 0.5) is 5.69 Å². The van der Waals surface area contributed by atoms with E-state index in [2.05, 4.69) is 5.32 Å². The van der Waals surface area contributed by atoms with Crippen molar-refractivity contribution in [2.75, 3.05) is 24.6 Å². The second-order valence-electron chi connectivity index (χ2n) is 6.02. The third-order valence-corrected chi connectivity index (χ3v) is 4.54. The Morgan fingerprint density at radius 2 is 1.92 bits per heavy atom. The van der Waals surface area contributed by atoms with Gasteiger partial charge in [-0.05, 0) is 35.9 Å². The summed E-state index contributed by atoms with van der Waals surface area (Å²) in [5.74, 6) is -0.238. The van der Waals surface area contributed by atoms with Crippen molar-refractivity contribution in [2.45, 2.75) is 12.5 Å². The molecule has 0 aromatic heterocycles. The summed E-state index contributed by atoms with van der Waals surface area (Å²) in [5, 5.41) is 4.05. The van der Waals surface area contributed by atoms with E-state index in [4.69, 9.17) is 27.9 Å². The number of amides is 2. The second kappa shape index (κ2) is 8.54. The minimum Gasteiger partial charge on any atom is -0.365 e. The monoisotopic (exact) mass is 392 g/mol. The van der Waals surface area contributed by atoms with Gasteiger partial charge in [0.1, 0.15) is 6.61 Å². The van der Waals surface area contributed by atoms with Crippen molar-refractivity contribution in [3.05, 3.63) is 64.1 Å². The molecule has 0 radical (unpaired) electrons. The maximum atomic E-state index is 12.1. The maximum absolute atomic E-state index is 12.1. The molecule has 0 saturated carbocycles. The molecule has 1 atom stereocenters. The number of anilines is 1. The Morgan fingerprint density at radius 3 is 2.65 bits per heavy atom. The normalized spacial score (nSPS) is 17.2. The Morgan fingerprint density at radius 1 is 1.15 bits per heavy atom. The lowest BCUT2D eigenvalue weighted by atomic mass is 10.1. The van der Waals surface area contributed by atoms with Crippen LogP contribution in [0.5, 0.6) is 0 Å². The fourth-order valence-corrected chi connectivity index (χ4v) is 3.03. The molecule has 1 aliphatic heterocycles. The predicted molar refractivity (Wildman–Crippen MR) is 102 cm³/mol. The highest BCUT2D eigenvalue weighted by Gasteiger charge is 2.27. The highest BCUT2D eigenvalue weighted by atomic mass is 35.5. The van der Waals surface area contributed by atoms with E-state index in [9.17, 15) is 9.59 Å². The highest BCUT2D eigenvalue weighted by Crippen LogP contribution is 2.22. The number of hydrogen-bond acceptors (Lipinski definition) is 3. The summed E-state index contributed by atoms with van der Waals surface area (Å²) in [4.78, 5) is 25.9. The van der Waals surface area contributed by atoms with Gasteiger partial charge in [-0.15, -0.1) is 0 Å². The highest BCUT2D eigenvalue weighted by molar-refractivity contribution is 6.31. The molecule has 26 heavy (non-hydrogen) atoms. The van der Waals surface area contributed by atoms with Crippen molar-refractivity contribution in [1.29, 1.82) is 0 Å². The summed E-state index contributed by atoms with van der Waals surface area (Å²) in [6.45, 7) is 0.668. The Balaban J connectivity index is 1.54. The summed E-state index contributed by atoms with van der Waals surface area (Å²) < 4.78 is 5.53. The number of carbonyl (C=O) groups is 2. The standard InChI is InChI=1S/C19H18Cl2N2O3/c20-14-6-4-13(5-7-14)8-18(24)22-10-17-11-23(19(25)12-26-17)16-3-1-2-15(21)9-16/h1-7,9,17H,8,10-12H2,(H,22,24). The molecule has 0 bridgehead atoms. The zero-order chi connectivity index (χ0) is 18.5. The van der Waals surface area contributed by atoms with Crippen LogP contribution in [-0.2, 0) is 20.7 Å². The van der Waals surface area contributed by atoms with Gasteiger partial charge in [-0.25, -0.2) is 0 Å². The zero-order valence-corrected chi connectivity index (χ0v) is 15.5. The molecule has 2 amide bonds. The molecule has 1 unspecified atom stereocenters. The number of nitrogens with one attached hydrogen (secondary N) is 1. The number of rotatable bonds is 5. The topological polar surface area (TPSA) is 58.6 Å². The van der Waals surface area contributed by atoms with Gasteiger partial charge < -0.3 is 15.0 Å². The molecule has 1 N–H and O–H groups in total. The van der Waals surface area contributed by atoms with Crippen molar-refractivity contribution < 1.29 is 14.3 Å². The average molecular weight is 393 g/mol. The summed E-state index contributed by atoms with van der Waals surface area (Å²) in [7, 11) is 0. The Labute approximate surface area is 161 Å². The lowest BCUT2D eigenvalue weighted by molar-refractivity contribution is -0.129. The molecule has 5 nitrogen and oxygen atoms in total. The first-order valence-electron chi connectivity index (χ1n) is 8.20. The van der Waals surface area contributed by atoms with Crippen LogP contribution in [0.3, 0.4) is 0 Å². The van der Waals surface area contributed by atoms with Gasteiger partial charge in [0.25, 0.3) is 5.91 Å². The summed E-state index contributed by atoms with van der Waals surface area (Å²) in [6.07, 6.45) is -0.0123.